The second kappa shape index (κ2) is 9.36. The van der Waals surface area contributed by atoms with Crippen LogP contribution in [0, 0.1) is 23.2 Å². The highest BCUT2D eigenvalue weighted by atomic mass is 16.2. The molecule has 0 aromatic rings. The summed E-state index contributed by atoms with van der Waals surface area (Å²) in [5.74, 6) is 2.46. The predicted molar refractivity (Wildman–Crippen MR) is 117 cm³/mol. The maximum absolute atomic E-state index is 13.5. The topological polar surface area (TPSA) is 52.7 Å². The van der Waals surface area contributed by atoms with Crippen molar-refractivity contribution in [1.29, 1.82) is 0 Å². The molecule has 0 spiro atoms. The van der Waals surface area contributed by atoms with Gasteiger partial charge in [0.25, 0.3) is 0 Å². The SMILES string of the molecule is CC(C)CC1CCN(C(=O)[C@H](CC2CC2)N2CCN[C@@H](CC(C)(C)C)C2=O)CC1. The van der Waals surface area contributed by atoms with Gasteiger partial charge in [0.15, 0.2) is 0 Å². The minimum atomic E-state index is -0.249. The summed E-state index contributed by atoms with van der Waals surface area (Å²) in [5, 5.41) is 3.41. The Labute approximate surface area is 178 Å². The van der Waals surface area contributed by atoms with Gasteiger partial charge in [-0.1, -0.05) is 47.5 Å². The van der Waals surface area contributed by atoms with Crippen LogP contribution in [0.3, 0.4) is 0 Å². The van der Waals surface area contributed by atoms with E-state index in [9.17, 15) is 9.59 Å². The molecule has 0 unspecified atom stereocenters. The monoisotopic (exact) mass is 405 g/mol. The van der Waals surface area contributed by atoms with Gasteiger partial charge in [0.2, 0.25) is 11.8 Å². The second-order valence-corrected chi connectivity index (χ2v) is 11.4. The maximum atomic E-state index is 13.5. The molecule has 3 rings (SSSR count). The van der Waals surface area contributed by atoms with Gasteiger partial charge < -0.3 is 15.1 Å². The summed E-state index contributed by atoms with van der Waals surface area (Å²) in [6, 6.07) is -0.406. The van der Waals surface area contributed by atoms with E-state index in [2.05, 4.69) is 44.8 Å². The first kappa shape index (κ1) is 22.6. The van der Waals surface area contributed by atoms with Crippen molar-refractivity contribution in [3.05, 3.63) is 0 Å². The van der Waals surface area contributed by atoms with Gasteiger partial charge in [0.1, 0.15) is 6.04 Å². The molecule has 166 valence electrons. The van der Waals surface area contributed by atoms with Crippen molar-refractivity contribution in [2.24, 2.45) is 23.2 Å². The second-order valence-electron chi connectivity index (χ2n) is 11.4. The molecule has 2 heterocycles. The molecule has 0 aromatic carbocycles. The van der Waals surface area contributed by atoms with Gasteiger partial charge in [-0.2, -0.15) is 0 Å². The summed E-state index contributed by atoms with van der Waals surface area (Å²) in [6.07, 6.45) is 7.59. The molecule has 2 atom stereocenters. The molecule has 3 fully saturated rings. The normalized spacial score (nSPS) is 25.6. The predicted octanol–water partition coefficient (Wildman–Crippen LogP) is 3.68. The Hall–Kier alpha value is -1.10. The fourth-order valence-corrected chi connectivity index (χ4v) is 5.14. The minimum absolute atomic E-state index is 0.0879. The third-order valence-corrected chi connectivity index (χ3v) is 6.79. The number of piperidine rings is 1. The lowest BCUT2D eigenvalue weighted by Crippen LogP contribution is -2.62. The number of carbonyl (C=O) groups excluding carboxylic acids is 2. The van der Waals surface area contributed by atoms with Gasteiger partial charge in [0, 0.05) is 26.2 Å². The lowest BCUT2D eigenvalue weighted by molar-refractivity contribution is -0.150. The standard InChI is InChI=1S/C24H43N3O2/c1-17(2)14-19-8-11-26(12-9-19)23(29)21(15-18-6-7-18)27-13-10-25-20(22(27)28)16-24(3,4)5/h17-21,25H,6-16H2,1-5H3/t20-,21-/m0/s1. The first-order valence-electron chi connectivity index (χ1n) is 12.0. The molecule has 5 nitrogen and oxygen atoms in total. The largest absolute Gasteiger partial charge is 0.341 e. The molecule has 29 heavy (non-hydrogen) atoms. The highest BCUT2D eigenvalue weighted by Gasteiger charge is 2.42. The lowest BCUT2D eigenvalue weighted by atomic mass is 9.86. The van der Waals surface area contributed by atoms with Crippen molar-refractivity contribution >= 4 is 11.8 Å². The van der Waals surface area contributed by atoms with E-state index in [1.54, 1.807) is 0 Å². The fraction of sp³-hybridized carbons (Fsp3) is 0.917. The number of hydrogen-bond donors (Lipinski definition) is 1. The van der Waals surface area contributed by atoms with Gasteiger partial charge in [0.05, 0.1) is 6.04 Å². The molecule has 1 saturated carbocycles. The zero-order valence-corrected chi connectivity index (χ0v) is 19.4. The van der Waals surface area contributed by atoms with Crippen LogP contribution in [0.5, 0.6) is 0 Å². The molecular formula is C24H43N3O2. The molecule has 1 N–H and O–H groups in total. The zero-order valence-electron chi connectivity index (χ0n) is 19.4. The van der Waals surface area contributed by atoms with E-state index in [0.29, 0.717) is 12.5 Å². The fourth-order valence-electron chi connectivity index (χ4n) is 5.14. The van der Waals surface area contributed by atoms with E-state index >= 15 is 0 Å². The van der Waals surface area contributed by atoms with E-state index in [1.165, 1.54) is 19.3 Å². The summed E-state index contributed by atoms with van der Waals surface area (Å²) in [7, 11) is 0. The molecular weight excluding hydrogens is 362 g/mol. The first-order chi connectivity index (χ1) is 13.6. The van der Waals surface area contributed by atoms with Crippen LogP contribution in [-0.4, -0.2) is 59.9 Å². The van der Waals surface area contributed by atoms with Crippen LogP contribution < -0.4 is 5.32 Å². The van der Waals surface area contributed by atoms with E-state index in [1.807, 2.05) is 4.90 Å². The summed E-state index contributed by atoms with van der Waals surface area (Å²) < 4.78 is 0. The van der Waals surface area contributed by atoms with Crippen LogP contribution in [0.15, 0.2) is 0 Å². The van der Waals surface area contributed by atoms with Crippen LogP contribution in [0.2, 0.25) is 0 Å². The Morgan fingerprint density at radius 2 is 1.66 bits per heavy atom. The molecule has 2 amide bonds. The van der Waals surface area contributed by atoms with Crippen molar-refractivity contribution in [2.75, 3.05) is 26.2 Å². The van der Waals surface area contributed by atoms with Crippen molar-refractivity contribution in [2.45, 2.75) is 91.6 Å². The summed E-state index contributed by atoms with van der Waals surface area (Å²) in [4.78, 5) is 30.8. The summed E-state index contributed by atoms with van der Waals surface area (Å²) in [5.41, 5.74) is 0.0879. The third kappa shape index (κ3) is 6.44. The molecule has 0 aromatic heterocycles. The van der Waals surface area contributed by atoms with Crippen LogP contribution in [0.25, 0.3) is 0 Å². The van der Waals surface area contributed by atoms with E-state index < -0.39 is 0 Å². The Bertz CT molecular complexity index is 571. The molecule has 1 aliphatic carbocycles. The smallest absolute Gasteiger partial charge is 0.245 e. The van der Waals surface area contributed by atoms with Crippen LogP contribution in [-0.2, 0) is 9.59 Å². The van der Waals surface area contributed by atoms with Gasteiger partial charge in [-0.25, -0.2) is 0 Å². The van der Waals surface area contributed by atoms with Gasteiger partial charge in [-0.15, -0.1) is 0 Å². The maximum Gasteiger partial charge on any atom is 0.245 e. The third-order valence-electron chi connectivity index (χ3n) is 6.79. The van der Waals surface area contributed by atoms with Crippen molar-refractivity contribution in [3.63, 3.8) is 0 Å². The quantitative estimate of drug-likeness (QED) is 0.703. The Morgan fingerprint density at radius 1 is 1.03 bits per heavy atom. The number of amides is 2. The average Bonchev–Trinajstić information content (AvgIpc) is 3.44. The Kier molecular flexibility index (Phi) is 7.29. The number of carbonyl (C=O) groups is 2. The number of rotatable bonds is 7. The number of likely N-dealkylation sites (tertiary alicyclic amines) is 1. The molecule has 0 bridgehead atoms. The minimum Gasteiger partial charge on any atom is -0.341 e. The van der Waals surface area contributed by atoms with Gasteiger partial charge >= 0.3 is 0 Å². The molecule has 3 aliphatic rings. The van der Waals surface area contributed by atoms with E-state index in [4.69, 9.17) is 0 Å². The number of piperazine rings is 1. The van der Waals surface area contributed by atoms with Crippen molar-refractivity contribution < 1.29 is 9.59 Å². The summed E-state index contributed by atoms with van der Waals surface area (Å²) in [6.45, 7) is 14.3. The Morgan fingerprint density at radius 3 is 2.21 bits per heavy atom. The lowest BCUT2D eigenvalue weighted by Gasteiger charge is -2.42. The average molecular weight is 406 g/mol. The molecule has 0 radical (unpaired) electrons. The zero-order chi connectivity index (χ0) is 21.2. The van der Waals surface area contributed by atoms with Gasteiger partial charge in [-0.3, -0.25) is 9.59 Å². The molecule has 2 aliphatic heterocycles. The van der Waals surface area contributed by atoms with Gasteiger partial charge in [-0.05, 0) is 55.3 Å². The first-order valence-corrected chi connectivity index (χ1v) is 12.0. The van der Waals surface area contributed by atoms with E-state index in [0.717, 1.165) is 57.2 Å². The summed E-state index contributed by atoms with van der Waals surface area (Å²) >= 11 is 0. The van der Waals surface area contributed by atoms with Crippen LogP contribution >= 0.6 is 0 Å². The van der Waals surface area contributed by atoms with Crippen molar-refractivity contribution in [3.8, 4) is 0 Å². The molecule has 5 heteroatoms. The number of nitrogens with one attached hydrogen (secondary N) is 1. The Balaban J connectivity index is 1.66. The number of hydrogen-bond acceptors (Lipinski definition) is 3. The van der Waals surface area contributed by atoms with Crippen molar-refractivity contribution in [1.82, 2.24) is 15.1 Å². The molecule has 2 saturated heterocycles. The number of nitrogens with zero attached hydrogens (tertiary/aromatic N) is 2. The highest BCUT2D eigenvalue weighted by Crippen LogP contribution is 2.36. The van der Waals surface area contributed by atoms with E-state index in [-0.39, 0.29) is 29.3 Å². The highest BCUT2D eigenvalue weighted by molar-refractivity contribution is 5.90. The van der Waals surface area contributed by atoms with Crippen LogP contribution in [0.4, 0.5) is 0 Å². The van der Waals surface area contributed by atoms with Crippen LogP contribution in [0.1, 0.15) is 79.6 Å².